The number of carboxylic acid groups (broad SMARTS) is 1. The number of hydrogen-bond donors (Lipinski definition) is 4. The highest BCUT2D eigenvalue weighted by molar-refractivity contribution is 5.75. The number of hydrogen-bond acceptors (Lipinski definition) is 3. The molecule has 0 aromatic heterocycles. The maximum Gasteiger partial charge on any atom is 0.314 e. The molecule has 0 saturated heterocycles. The van der Waals surface area contributed by atoms with Crippen molar-refractivity contribution in [2.24, 2.45) is 0 Å². The predicted molar refractivity (Wildman–Crippen MR) is 65.0 cm³/mol. The molecular formula is C12H15FN2O4. The van der Waals surface area contributed by atoms with E-state index in [1.165, 1.54) is 24.3 Å². The number of aliphatic hydroxyl groups is 1. The molecule has 0 radical (unpaired) electrons. The summed E-state index contributed by atoms with van der Waals surface area (Å²) in [6.45, 7) is -0.0433. The smallest absolute Gasteiger partial charge is 0.314 e. The molecule has 0 heterocycles. The minimum atomic E-state index is -1.01. The number of carbonyl (C=O) groups excluding carboxylic acids is 1. The summed E-state index contributed by atoms with van der Waals surface area (Å²) in [4.78, 5) is 21.4. The van der Waals surface area contributed by atoms with E-state index in [-0.39, 0.29) is 19.5 Å². The van der Waals surface area contributed by atoms with Gasteiger partial charge >= 0.3 is 12.0 Å². The Bertz CT molecular complexity index is 436. The van der Waals surface area contributed by atoms with Gasteiger partial charge in [0, 0.05) is 13.1 Å². The molecule has 19 heavy (non-hydrogen) atoms. The van der Waals surface area contributed by atoms with E-state index >= 15 is 0 Å². The Labute approximate surface area is 109 Å². The van der Waals surface area contributed by atoms with Crippen molar-refractivity contribution in [1.29, 1.82) is 0 Å². The standard InChI is InChI=1S/C12H15FN2O4/c13-9-3-1-8(2-4-9)10(16)7-15-12(19)14-6-5-11(17)18/h1-4,10,16H,5-7H2,(H,17,18)(H2,14,15,19)/t10-/m1/s1. The van der Waals surface area contributed by atoms with Crippen molar-refractivity contribution in [1.82, 2.24) is 10.6 Å². The summed E-state index contributed by atoms with van der Waals surface area (Å²) in [5, 5.41) is 22.8. The third kappa shape index (κ3) is 5.82. The number of carboxylic acids is 1. The van der Waals surface area contributed by atoms with Gasteiger partial charge in [0.15, 0.2) is 0 Å². The second-order valence-electron chi connectivity index (χ2n) is 3.85. The molecule has 104 valence electrons. The zero-order valence-electron chi connectivity index (χ0n) is 10.1. The first-order valence-electron chi connectivity index (χ1n) is 5.66. The average Bonchev–Trinajstić information content (AvgIpc) is 2.36. The lowest BCUT2D eigenvalue weighted by Crippen LogP contribution is -2.38. The third-order valence-electron chi connectivity index (χ3n) is 2.34. The van der Waals surface area contributed by atoms with E-state index < -0.39 is 23.9 Å². The fourth-order valence-electron chi connectivity index (χ4n) is 1.34. The highest BCUT2D eigenvalue weighted by atomic mass is 19.1. The van der Waals surface area contributed by atoms with Crippen molar-refractivity contribution in [3.63, 3.8) is 0 Å². The second kappa shape index (κ2) is 7.32. The van der Waals surface area contributed by atoms with Gasteiger partial charge in [-0.3, -0.25) is 4.79 Å². The van der Waals surface area contributed by atoms with Crippen LogP contribution in [-0.2, 0) is 4.79 Å². The zero-order valence-corrected chi connectivity index (χ0v) is 10.1. The minimum absolute atomic E-state index is 0.00775. The quantitative estimate of drug-likeness (QED) is 0.609. The summed E-state index contributed by atoms with van der Waals surface area (Å²) in [7, 11) is 0. The number of urea groups is 1. The maximum atomic E-state index is 12.7. The lowest BCUT2D eigenvalue weighted by atomic mass is 10.1. The van der Waals surface area contributed by atoms with E-state index in [4.69, 9.17) is 5.11 Å². The summed E-state index contributed by atoms with van der Waals surface area (Å²) in [5.74, 6) is -1.41. The Balaban J connectivity index is 2.29. The molecule has 0 aliphatic heterocycles. The summed E-state index contributed by atoms with van der Waals surface area (Å²) in [6.07, 6.45) is -1.13. The van der Waals surface area contributed by atoms with Crippen molar-refractivity contribution < 1.29 is 24.2 Å². The molecule has 1 aromatic carbocycles. The van der Waals surface area contributed by atoms with E-state index in [0.29, 0.717) is 5.56 Å². The summed E-state index contributed by atoms with van der Waals surface area (Å²) < 4.78 is 12.7. The molecule has 0 saturated carbocycles. The van der Waals surface area contributed by atoms with Crippen LogP contribution in [-0.4, -0.2) is 35.3 Å². The number of benzene rings is 1. The molecule has 1 rings (SSSR count). The molecule has 0 spiro atoms. The number of carbonyl (C=O) groups is 2. The summed E-state index contributed by atoms with van der Waals surface area (Å²) in [5.41, 5.74) is 0.479. The molecule has 4 N–H and O–H groups in total. The van der Waals surface area contributed by atoms with Gasteiger partial charge in [-0.1, -0.05) is 12.1 Å². The molecule has 0 aliphatic carbocycles. The molecule has 1 atom stereocenters. The fraction of sp³-hybridized carbons (Fsp3) is 0.333. The van der Waals surface area contributed by atoms with Crippen LogP contribution in [0, 0.1) is 5.82 Å². The Morgan fingerprint density at radius 3 is 2.42 bits per heavy atom. The van der Waals surface area contributed by atoms with Crippen LogP contribution in [0.1, 0.15) is 18.1 Å². The number of rotatable bonds is 6. The lowest BCUT2D eigenvalue weighted by molar-refractivity contribution is -0.136. The average molecular weight is 270 g/mol. The highest BCUT2D eigenvalue weighted by Gasteiger charge is 2.09. The maximum absolute atomic E-state index is 12.7. The lowest BCUT2D eigenvalue weighted by Gasteiger charge is -2.12. The van der Waals surface area contributed by atoms with Crippen molar-refractivity contribution >= 4 is 12.0 Å². The molecular weight excluding hydrogens is 255 g/mol. The van der Waals surface area contributed by atoms with Crippen molar-refractivity contribution in [2.45, 2.75) is 12.5 Å². The molecule has 0 bridgehead atoms. The molecule has 7 heteroatoms. The van der Waals surface area contributed by atoms with E-state index in [9.17, 15) is 19.1 Å². The van der Waals surface area contributed by atoms with Gasteiger partial charge in [-0.15, -0.1) is 0 Å². The van der Waals surface area contributed by atoms with Gasteiger partial charge in [-0.05, 0) is 17.7 Å². The Hall–Kier alpha value is -2.15. The largest absolute Gasteiger partial charge is 0.481 e. The fourth-order valence-corrected chi connectivity index (χ4v) is 1.34. The van der Waals surface area contributed by atoms with Crippen LogP contribution in [0.2, 0.25) is 0 Å². The van der Waals surface area contributed by atoms with Gasteiger partial charge in [0.05, 0.1) is 12.5 Å². The van der Waals surface area contributed by atoms with Crippen LogP contribution in [0.4, 0.5) is 9.18 Å². The normalized spacial score (nSPS) is 11.7. The number of aliphatic carboxylic acids is 1. The number of aliphatic hydroxyl groups excluding tert-OH is 1. The van der Waals surface area contributed by atoms with E-state index in [0.717, 1.165) is 0 Å². The van der Waals surface area contributed by atoms with Gasteiger partial charge < -0.3 is 20.8 Å². The number of amides is 2. The Morgan fingerprint density at radius 2 is 1.84 bits per heavy atom. The molecule has 0 unspecified atom stereocenters. The molecule has 0 fully saturated rings. The van der Waals surface area contributed by atoms with Crippen LogP contribution in [0.3, 0.4) is 0 Å². The van der Waals surface area contributed by atoms with Crippen molar-refractivity contribution in [3.8, 4) is 0 Å². The Morgan fingerprint density at radius 1 is 1.21 bits per heavy atom. The molecule has 2 amide bonds. The van der Waals surface area contributed by atoms with Gasteiger partial charge in [-0.2, -0.15) is 0 Å². The molecule has 0 aliphatic rings. The topological polar surface area (TPSA) is 98.7 Å². The second-order valence-corrected chi connectivity index (χ2v) is 3.85. The van der Waals surface area contributed by atoms with Crippen molar-refractivity contribution in [2.75, 3.05) is 13.1 Å². The Kier molecular flexibility index (Phi) is 5.74. The first-order chi connectivity index (χ1) is 8.99. The van der Waals surface area contributed by atoms with Gasteiger partial charge in [0.2, 0.25) is 0 Å². The highest BCUT2D eigenvalue weighted by Crippen LogP contribution is 2.12. The van der Waals surface area contributed by atoms with E-state index in [2.05, 4.69) is 10.6 Å². The van der Waals surface area contributed by atoms with Gasteiger partial charge in [0.25, 0.3) is 0 Å². The van der Waals surface area contributed by atoms with Crippen LogP contribution >= 0.6 is 0 Å². The van der Waals surface area contributed by atoms with Crippen molar-refractivity contribution in [3.05, 3.63) is 35.6 Å². The molecule has 6 nitrogen and oxygen atoms in total. The third-order valence-corrected chi connectivity index (χ3v) is 2.34. The van der Waals surface area contributed by atoms with Crippen LogP contribution < -0.4 is 10.6 Å². The first-order valence-corrected chi connectivity index (χ1v) is 5.66. The summed E-state index contributed by atoms with van der Waals surface area (Å²) >= 11 is 0. The van der Waals surface area contributed by atoms with Gasteiger partial charge in [0.1, 0.15) is 5.82 Å². The zero-order chi connectivity index (χ0) is 14.3. The molecule has 1 aromatic rings. The monoisotopic (exact) mass is 270 g/mol. The SMILES string of the molecule is O=C(O)CCNC(=O)NC[C@@H](O)c1ccc(F)cc1. The summed E-state index contributed by atoms with van der Waals surface area (Å²) in [6, 6.07) is 4.70. The van der Waals surface area contributed by atoms with Crippen LogP contribution in [0.5, 0.6) is 0 Å². The van der Waals surface area contributed by atoms with E-state index in [1.807, 2.05) is 0 Å². The van der Waals surface area contributed by atoms with Gasteiger partial charge in [-0.25, -0.2) is 9.18 Å². The minimum Gasteiger partial charge on any atom is -0.481 e. The van der Waals surface area contributed by atoms with Crippen LogP contribution in [0.25, 0.3) is 0 Å². The number of halogens is 1. The predicted octanol–water partition coefficient (Wildman–Crippen LogP) is 0.633. The first kappa shape index (κ1) is 14.9. The van der Waals surface area contributed by atoms with Crippen LogP contribution in [0.15, 0.2) is 24.3 Å². The van der Waals surface area contributed by atoms with E-state index in [1.54, 1.807) is 0 Å². The number of nitrogens with one attached hydrogen (secondary N) is 2.